The molecule has 2 aromatic rings. The minimum Gasteiger partial charge on any atom is -0.362 e. The topological polar surface area (TPSA) is 56.0 Å². The van der Waals surface area contributed by atoms with E-state index in [9.17, 15) is 0 Å². The first kappa shape index (κ1) is 28.8. The number of aliphatic imine (C=N–C) groups is 1. The van der Waals surface area contributed by atoms with Gasteiger partial charge in [0.25, 0.3) is 0 Å². The number of hydrogen-bond acceptors (Lipinski definition) is 2. The van der Waals surface area contributed by atoms with Gasteiger partial charge in [0, 0.05) is 56.9 Å². The first-order valence-corrected chi connectivity index (χ1v) is 16.4. The van der Waals surface area contributed by atoms with Crippen LogP contribution in [0.3, 0.4) is 0 Å². The fraction of sp³-hybridized carbons (Fsp3) is 0.583. The van der Waals surface area contributed by atoms with Crippen LogP contribution in [-0.2, 0) is 25.7 Å². The van der Waals surface area contributed by atoms with E-state index in [1.807, 2.05) is 0 Å². The summed E-state index contributed by atoms with van der Waals surface area (Å²) >= 11 is 0. The zero-order valence-electron chi connectivity index (χ0n) is 26.3. The quantitative estimate of drug-likeness (QED) is 0.333. The number of nitrogens with zero attached hydrogens (tertiary/aromatic N) is 1. The van der Waals surface area contributed by atoms with Gasteiger partial charge in [0.2, 0.25) is 0 Å². The van der Waals surface area contributed by atoms with E-state index in [0.717, 1.165) is 51.4 Å². The molecule has 0 aliphatic carbocycles. The molecule has 2 aromatic heterocycles. The van der Waals surface area contributed by atoms with Crippen molar-refractivity contribution in [1.82, 2.24) is 15.3 Å². The molecular weight excluding hydrogens is 488 g/mol. The predicted octanol–water partition coefficient (Wildman–Crippen LogP) is 6.97. The molecule has 0 saturated carbocycles. The third kappa shape index (κ3) is 4.76. The summed E-state index contributed by atoms with van der Waals surface area (Å²) in [6.07, 6.45) is 18.5. The van der Waals surface area contributed by atoms with Crippen molar-refractivity contribution in [2.75, 3.05) is 0 Å². The second-order valence-corrected chi connectivity index (χ2v) is 12.0. The first-order valence-electron chi connectivity index (χ1n) is 16.4. The van der Waals surface area contributed by atoms with Gasteiger partial charge >= 0.3 is 0 Å². The lowest BCUT2D eigenvalue weighted by Crippen LogP contribution is -2.23. The second kappa shape index (κ2) is 12.0. The molecule has 0 aromatic carbocycles. The summed E-state index contributed by atoms with van der Waals surface area (Å²) < 4.78 is 0. The maximum Gasteiger partial charge on any atom is 0.0737 e. The van der Waals surface area contributed by atoms with Gasteiger partial charge in [0.05, 0.1) is 6.04 Å². The average molecular weight is 541 g/mol. The average Bonchev–Trinajstić information content (AvgIpc) is 3.67. The summed E-state index contributed by atoms with van der Waals surface area (Å²) in [6, 6.07) is 0.231. The van der Waals surface area contributed by atoms with Crippen molar-refractivity contribution in [2.45, 2.75) is 113 Å². The van der Waals surface area contributed by atoms with Crippen LogP contribution in [0.5, 0.6) is 0 Å². The first-order chi connectivity index (χ1) is 19.5. The lowest BCUT2D eigenvalue weighted by Gasteiger charge is -2.22. The summed E-state index contributed by atoms with van der Waals surface area (Å²) in [4.78, 5) is 13.3. The summed E-state index contributed by atoms with van der Waals surface area (Å²) in [6.45, 7) is 18.6. The van der Waals surface area contributed by atoms with Gasteiger partial charge in [-0.05, 0) is 97.4 Å². The number of nitrogens with one attached hydrogen (secondary N) is 3. The van der Waals surface area contributed by atoms with E-state index in [2.05, 4.69) is 95.0 Å². The molecule has 216 valence electrons. The highest BCUT2D eigenvalue weighted by Crippen LogP contribution is 2.41. The van der Waals surface area contributed by atoms with Gasteiger partial charge in [-0.1, -0.05) is 61.8 Å². The fourth-order valence-electron chi connectivity index (χ4n) is 8.25. The van der Waals surface area contributed by atoms with Gasteiger partial charge in [0.15, 0.2) is 0 Å². The SMILES string of the molecule is CCc1c2[nH]c(c1CC)C=c1[nH]c(c(CC)c1CC)=CC1=NC(C=C3NC(=C2)C(CC)C3CC)C(CC)C1CC. The van der Waals surface area contributed by atoms with Crippen LogP contribution in [0.1, 0.15) is 115 Å². The highest BCUT2D eigenvalue weighted by Gasteiger charge is 2.38. The maximum atomic E-state index is 5.48. The molecule has 3 aliphatic heterocycles. The number of fused-ring (bicyclic) bond motifs is 7. The van der Waals surface area contributed by atoms with Crippen LogP contribution in [0.25, 0.3) is 18.2 Å². The Balaban J connectivity index is 1.85. The predicted molar refractivity (Wildman–Crippen MR) is 172 cm³/mol. The normalized spacial score (nSPS) is 25.6. The standard InChI is InChI=1S/C36H52N4/c1-9-21-22(10-2)30-18-32-25(13-5)26(14-6)34(39-32)20-36-28(16-8)27(15-7)35(40-36)19-33-24(12-4)23(11-3)31(38-33)17-29(21)37-30/h17-24,29,38-40H,9-16H2,1-8H3. The summed E-state index contributed by atoms with van der Waals surface area (Å²) in [5.74, 6) is 2.08. The Bertz CT molecular complexity index is 1440. The van der Waals surface area contributed by atoms with Crippen LogP contribution >= 0.6 is 0 Å². The number of allylic oxidation sites excluding steroid dienone is 2. The van der Waals surface area contributed by atoms with Crippen LogP contribution in [0.2, 0.25) is 0 Å². The Morgan fingerprint density at radius 2 is 1.12 bits per heavy atom. The molecule has 1 fully saturated rings. The Morgan fingerprint density at radius 1 is 0.575 bits per heavy atom. The smallest absolute Gasteiger partial charge is 0.0737 e. The zero-order valence-corrected chi connectivity index (χ0v) is 26.3. The summed E-state index contributed by atoms with van der Waals surface area (Å²) in [7, 11) is 0. The molecule has 3 N–H and O–H groups in total. The van der Waals surface area contributed by atoms with Crippen molar-refractivity contribution in [3.8, 4) is 0 Å². The van der Waals surface area contributed by atoms with Crippen molar-refractivity contribution in [2.24, 2.45) is 28.7 Å². The van der Waals surface area contributed by atoms with E-state index >= 15 is 0 Å². The maximum absolute atomic E-state index is 5.48. The molecule has 4 nitrogen and oxygen atoms in total. The molecule has 4 heteroatoms. The zero-order chi connectivity index (χ0) is 28.6. The molecule has 5 rings (SSSR count). The van der Waals surface area contributed by atoms with Gasteiger partial charge in [-0.25, -0.2) is 0 Å². The lowest BCUT2D eigenvalue weighted by molar-refractivity contribution is 0.389. The van der Waals surface area contributed by atoms with Crippen LogP contribution in [0.15, 0.2) is 22.5 Å². The summed E-state index contributed by atoms with van der Waals surface area (Å²) in [5, 5.41) is 6.48. The minimum absolute atomic E-state index is 0.231. The van der Waals surface area contributed by atoms with Gasteiger partial charge in [-0.15, -0.1) is 0 Å². The van der Waals surface area contributed by atoms with Crippen LogP contribution < -0.4 is 16.0 Å². The Kier molecular flexibility index (Phi) is 8.63. The highest BCUT2D eigenvalue weighted by molar-refractivity contribution is 6.12. The van der Waals surface area contributed by atoms with Crippen LogP contribution in [0, 0.1) is 23.7 Å². The number of rotatable bonds is 8. The van der Waals surface area contributed by atoms with Crippen molar-refractivity contribution < 1.29 is 0 Å². The number of aromatic amines is 2. The van der Waals surface area contributed by atoms with Gasteiger partial charge in [-0.3, -0.25) is 4.99 Å². The van der Waals surface area contributed by atoms with E-state index in [4.69, 9.17) is 4.99 Å². The van der Waals surface area contributed by atoms with Gasteiger partial charge in [0.1, 0.15) is 0 Å². The van der Waals surface area contributed by atoms with Crippen LogP contribution in [0.4, 0.5) is 0 Å². The molecule has 5 unspecified atom stereocenters. The molecule has 3 aliphatic rings. The molecule has 40 heavy (non-hydrogen) atoms. The van der Waals surface area contributed by atoms with E-state index in [-0.39, 0.29) is 6.04 Å². The molecule has 5 atom stereocenters. The second-order valence-electron chi connectivity index (χ2n) is 12.0. The molecule has 5 heterocycles. The molecular formula is C36H52N4. The van der Waals surface area contributed by atoms with E-state index in [1.54, 1.807) is 0 Å². The summed E-state index contributed by atoms with van der Waals surface area (Å²) in [5.41, 5.74) is 12.4. The molecule has 0 spiro atoms. The third-order valence-electron chi connectivity index (χ3n) is 10.2. The van der Waals surface area contributed by atoms with Crippen LogP contribution in [-0.4, -0.2) is 21.7 Å². The van der Waals surface area contributed by atoms with E-state index < -0.39 is 0 Å². The third-order valence-corrected chi connectivity index (χ3v) is 10.2. The minimum atomic E-state index is 0.231. The molecule has 0 amide bonds. The lowest BCUT2D eigenvalue weighted by atomic mass is 9.81. The molecule has 8 bridgehead atoms. The van der Waals surface area contributed by atoms with Crippen molar-refractivity contribution >= 4 is 23.9 Å². The molecule has 0 radical (unpaired) electrons. The molecule has 1 saturated heterocycles. The van der Waals surface area contributed by atoms with Crippen molar-refractivity contribution in [1.29, 1.82) is 0 Å². The monoisotopic (exact) mass is 540 g/mol. The number of hydrogen-bond donors (Lipinski definition) is 3. The number of aromatic nitrogens is 2. The number of H-pyrrole nitrogens is 2. The van der Waals surface area contributed by atoms with E-state index in [1.165, 1.54) is 61.4 Å². The Labute approximate surface area is 242 Å². The fourth-order valence-corrected chi connectivity index (χ4v) is 8.25. The van der Waals surface area contributed by atoms with Crippen molar-refractivity contribution in [3.63, 3.8) is 0 Å². The van der Waals surface area contributed by atoms with E-state index in [0.29, 0.717) is 23.7 Å². The van der Waals surface area contributed by atoms with Gasteiger partial charge < -0.3 is 15.3 Å². The Hall–Kier alpha value is -2.75. The van der Waals surface area contributed by atoms with Gasteiger partial charge in [-0.2, -0.15) is 0 Å². The Morgan fingerprint density at radius 3 is 1.68 bits per heavy atom. The largest absolute Gasteiger partial charge is 0.362 e. The van der Waals surface area contributed by atoms with Crippen molar-refractivity contribution in [3.05, 3.63) is 61.8 Å². The highest BCUT2D eigenvalue weighted by atomic mass is 15.0.